The second-order valence-electron chi connectivity index (χ2n) is 4.31. The van der Waals surface area contributed by atoms with Gasteiger partial charge in [0.1, 0.15) is 0 Å². The smallest absolute Gasteiger partial charge is 0.0343 e. The molecule has 0 amide bonds. The summed E-state index contributed by atoms with van der Waals surface area (Å²) in [4.78, 5) is 1.30. The standard InChI is InChI=1S/C15H15NS2/c1-16(14-8-9-17-11-14)18-15-7-6-12-4-2-3-5-13(12)10-15/h2-8,10H,9,11H2,1H3. The van der Waals surface area contributed by atoms with Gasteiger partial charge in [0.05, 0.1) is 0 Å². The van der Waals surface area contributed by atoms with E-state index in [4.69, 9.17) is 0 Å². The van der Waals surface area contributed by atoms with E-state index >= 15 is 0 Å². The molecule has 0 spiro atoms. The van der Waals surface area contributed by atoms with Crippen molar-refractivity contribution < 1.29 is 0 Å². The molecular weight excluding hydrogens is 258 g/mol. The van der Waals surface area contributed by atoms with E-state index in [0.29, 0.717) is 0 Å². The van der Waals surface area contributed by atoms with E-state index < -0.39 is 0 Å². The minimum Gasteiger partial charge on any atom is -0.319 e. The molecule has 0 saturated carbocycles. The molecule has 0 atom stereocenters. The molecule has 3 heteroatoms. The summed E-state index contributed by atoms with van der Waals surface area (Å²) in [6, 6.07) is 15.2. The van der Waals surface area contributed by atoms with Crippen LogP contribution in [0.4, 0.5) is 0 Å². The molecule has 0 radical (unpaired) electrons. The molecule has 0 fully saturated rings. The summed E-state index contributed by atoms with van der Waals surface area (Å²) in [5, 5.41) is 2.62. The van der Waals surface area contributed by atoms with E-state index in [1.807, 2.05) is 23.7 Å². The number of nitrogens with zero attached hydrogens (tertiary/aromatic N) is 1. The zero-order chi connectivity index (χ0) is 12.4. The van der Waals surface area contributed by atoms with Gasteiger partial charge in [0.2, 0.25) is 0 Å². The zero-order valence-corrected chi connectivity index (χ0v) is 11.9. The first kappa shape index (κ1) is 12.0. The van der Waals surface area contributed by atoms with Gasteiger partial charge >= 0.3 is 0 Å². The van der Waals surface area contributed by atoms with Gasteiger partial charge in [-0.2, -0.15) is 11.8 Å². The maximum atomic E-state index is 2.32. The summed E-state index contributed by atoms with van der Waals surface area (Å²) >= 11 is 3.78. The molecule has 0 aromatic heterocycles. The van der Waals surface area contributed by atoms with Crippen LogP contribution in [0.3, 0.4) is 0 Å². The van der Waals surface area contributed by atoms with Crippen LogP contribution in [-0.4, -0.2) is 22.9 Å². The second-order valence-corrected chi connectivity index (χ2v) is 6.54. The number of thioether (sulfide) groups is 1. The van der Waals surface area contributed by atoms with Crippen molar-refractivity contribution in [2.75, 3.05) is 18.6 Å². The Morgan fingerprint density at radius 2 is 1.94 bits per heavy atom. The highest BCUT2D eigenvalue weighted by Crippen LogP contribution is 2.31. The van der Waals surface area contributed by atoms with Gasteiger partial charge in [0.25, 0.3) is 0 Å². The largest absolute Gasteiger partial charge is 0.319 e. The summed E-state index contributed by atoms with van der Waals surface area (Å²) in [6.07, 6.45) is 2.32. The van der Waals surface area contributed by atoms with E-state index in [2.05, 4.69) is 59.9 Å². The molecule has 1 heterocycles. The lowest BCUT2D eigenvalue weighted by Crippen LogP contribution is -2.08. The summed E-state index contributed by atoms with van der Waals surface area (Å²) in [5.74, 6) is 2.29. The molecule has 3 rings (SSSR count). The van der Waals surface area contributed by atoms with E-state index in [-0.39, 0.29) is 0 Å². The molecule has 92 valence electrons. The lowest BCUT2D eigenvalue weighted by molar-refractivity contribution is 0.708. The molecule has 18 heavy (non-hydrogen) atoms. The van der Waals surface area contributed by atoms with Crippen LogP contribution in [0, 0.1) is 0 Å². The molecule has 2 aromatic rings. The van der Waals surface area contributed by atoms with Gasteiger partial charge in [0, 0.05) is 29.1 Å². The third-order valence-corrected chi connectivity index (χ3v) is 4.93. The molecule has 0 unspecified atom stereocenters. The van der Waals surface area contributed by atoms with Crippen LogP contribution in [-0.2, 0) is 0 Å². The average Bonchev–Trinajstić information content (AvgIpc) is 2.92. The van der Waals surface area contributed by atoms with Crippen molar-refractivity contribution in [3.8, 4) is 0 Å². The van der Waals surface area contributed by atoms with Gasteiger partial charge in [0.15, 0.2) is 0 Å². The summed E-state index contributed by atoms with van der Waals surface area (Å²) in [7, 11) is 2.15. The Morgan fingerprint density at radius 1 is 1.11 bits per heavy atom. The third-order valence-electron chi connectivity index (χ3n) is 3.05. The molecule has 0 N–H and O–H groups in total. The Balaban J connectivity index is 1.82. The van der Waals surface area contributed by atoms with Gasteiger partial charge in [-0.25, -0.2) is 0 Å². The first-order chi connectivity index (χ1) is 8.83. The Bertz CT molecular complexity index is 592. The van der Waals surface area contributed by atoms with Crippen LogP contribution < -0.4 is 0 Å². The fourth-order valence-electron chi connectivity index (χ4n) is 2.04. The Hall–Kier alpha value is -1.06. The molecule has 1 aliphatic heterocycles. The van der Waals surface area contributed by atoms with E-state index in [1.165, 1.54) is 21.4 Å². The quantitative estimate of drug-likeness (QED) is 0.763. The number of benzene rings is 2. The molecule has 1 aliphatic rings. The van der Waals surface area contributed by atoms with Crippen LogP contribution in [0.25, 0.3) is 10.8 Å². The summed E-state index contributed by atoms with van der Waals surface area (Å²) in [5.41, 5.74) is 1.43. The monoisotopic (exact) mass is 273 g/mol. The van der Waals surface area contributed by atoms with E-state index in [9.17, 15) is 0 Å². The maximum absolute atomic E-state index is 2.32. The second kappa shape index (κ2) is 5.29. The predicted molar refractivity (Wildman–Crippen MR) is 83.0 cm³/mol. The van der Waals surface area contributed by atoms with Gasteiger partial charge < -0.3 is 4.31 Å². The Morgan fingerprint density at radius 3 is 2.72 bits per heavy atom. The summed E-state index contributed by atoms with van der Waals surface area (Å²) < 4.78 is 2.28. The van der Waals surface area contributed by atoms with E-state index in [0.717, 1.165) is 11.5 Å². The van der Waals surface area contributed by atoms with Gasteiger partial charge in [-0.3, -0.25) is 0 Å². The fourth-order valence-corrected chi connectivity index (χ4v) is 3.95. The SMILES string of the molecule is CN(Sc1ccc2ccccc2c1)C1=CCSC1. The van der Waals surface area contributed by atoms with E-state index in [1.54, 1.807) is 0 Å². The highest BCUT2D eigenvalue weighted by atomic mass is 32.2. The molecule has 2 aromatic carbocycles. The number of fused-ring (bicyclic) bond motifs is 1. The molecule has 0 aliphatic carbocycles. The van der Waals surface area contributed by atoms with Crippen LogP contribution in [0.2, 0.25) is 0 Å². The van der Waals surface area contributed by atoms with Gasteiger partial charge in [-0.05, 0) is 34.9 Å². The van der Waals surface area contributed by atoms with Crippen molar-refractivity contribution in [2.24, 2.45) is 0 Å². The van der Waals surface area contributed by atoms with Crippen LogP contribution in [0.5, 0.6) is 0 Å². The van der Waals surface area contributed by atoms with Crippen LogP contribution >= 0.6 is 23.7 Å². The maximum Gasteiger partial charge on any atom is 0.0343 e. The van der Waals surface area contributed by atoms with Crippen molar-refractivity contribution in [1.29, 1.82) is 0 Å². The normalized spacial score (nSPS) is 14.8. The molecular formula is C15H15NS2. The van der Waals surface area contributed by atoms with Crippen molar-refractivity contribution in [3.05, 3.63) is 54.2 Å². The lowest BCUT2D eigenvalue weighted by atomic mass is 10.1. The summed E-state index contributed by atoms with van der Waals surface area (Å²) in [6.45, 7) is 0. The topological polar surface area (TPSA) is 3.24 Å². The minimum atomic E-state index is 1.14. The average molecular weight is 273 g/mol. The minimum absolute atomic E-state index is 1.14. The van der Waals surface area contributed by atoms with Crippen molar-refractivity contribution in [1.82, 2.24) is 4.31 Å². The van der Waals surface area contributed by atoms with Gasteiger partial charge in [-0.15, -0.1) is 0 Å². The first-order valence-corrected chi connectivity index (χ1v) is 7.93. The fraction of sp³-hybridized carbons (Fsp3) is 0.200. The van der Waals surface area contributed by atoms with Crippen molar-refractivity contribution >= 4 is 34.5 Å². The van der Waals surface area contributed by atoms with Crippen LogP contribution in [0.15, 0.2) is 59.1 Å². The molecule has 1 nitrogen and oxygen atoms in total. The third kappa shape index (κ3) is 2.52. The number of hydrogen-bond donors (Lipinski definition) is 0. The predicted octanol–water partition coefficient (Wildman–Crippen LogP) is 4.41. The number of hydrogen-bond acceptors (Lipinski definition) is 3. The van der Waals surface area contributed by atoms with Crippen molar-refractivity contribution in [3.63, 3.8) is 0 Å². The molecule has 0 bridgehead atoms. The van der Waals surface area contributed by atoms with Crippen molar-refractivity contribution in [2.45, 2.75) is 4.90 Å². The number of rotatable bonds is 3. The highest BCUT2D eigenvalue weighted by molar-refractivity contribution is 8.00. The van der Waals surface area contributed by atoms with Crippen LogP contribution in [0.1, 0.15) is 0 Å². The zero-order valence-electron chi connectivity index (χ0n) is 10.3. The first-order valence-electron chi connectivity index (χ1n) is 6.00. The highest BCUT2D eigenvalue weighted by Gasteiger charge is 2.11. The Labute approximate surface area is 116 Å². The van der Waals surface area contributed by atoms with Gasteiger partial charge in [-0.1, -0.05) is 36.4 Å². The Kier molecular flexibility index (Phi) is 3.52. The molecule has 0 saturated heterocycles. The lowest BCUT2D eigenvalue weighted by Gasteiger charge is -2.18.